The first-order valence-corrected chi connectivity index (χ1v) is 5.10. The van der Waals surface area contributed by atoms with Gasteiger partial charge in [-0.05, 0) is 24.3 Å². The number of methoxy groups -OCH3 is 1. The summed E-state index contributed by atoms with van der Waals surface area (Å²) in [5, 5.41) is 0. The Kier molecular flexibility index (Phi) is 8.79. The molecule has 0 spiro atoms. The van der Waals surface area contributed by atoms with Gasteiger partial charge in [-0.2, -0.15) is 0 Å². The minimum Gasteiger partial charge on any atom is -0.497 e. The number of ether oxygens (including phenoxy) is 1. The van der Waals surface area contributed by atoms with E-state index >= 15 is 0 Å². The maximum Gasteiger partial charge on any atom is 1.00 e. The van der Waals surface area contributed by atoms with Crippen molar-refractivity contribution in [1.82, 2.24) is 0 Å². The molecule has 1 aromatic carbocycles. The van der Waals surface area contributed by atoms with Crippen molar-refractivity contribution in [3.63, 3.8) is 0 Å². The molecule has 1 aromatic rings. The Morgan fingerprint density at radius 3 is 2.07 bits per heavy atom. The molecule has 0 aliphatic rings. The van der Waals surface area contributed by atoms with Gasteiger partial charge < -0.3 is 8.98 Å². The molecule has 0 atom stereocenters. The number of rotatable bonds is 3. The second-order valence-corrected chi connectivity index (χ2v) is 4.19. The molecule has 7 heteroatoms. The number of benzene rings is 1. The van der Waals surface area contributed by atoms with Crippen LogP contribution in [-0.4, -0.2) is 15.5 Å². The molecule has 0 fully saturated rings. The largest absolute Gasteiger partial charge is 1.00 e. The third kappa shape index (κ3) is 4.72. The van der Waals surface area contributed by atoms with Gasteiger partial charge in [-0.3, -0.25) is 11.8 Å². The maximum atomic E-state index is 11.1. The van der Waals surface area contributed by atoms with Crippen LogP contribution in [0.15, 0.2) is 29.2 Å². The zero-order valence-corrected chi connectivity index (χ0v) is 11.3. The van der Waals surface area contributed by atoms with Crippen molar-refractivity contribution in [2.75, 3.05) is 7.11 Å². The van der Waals surface area contributed by atoms with Gasteiger partial charge in [-0.15, -0.1) is 0 Å². The standard InChI is InChI=1S/C7H7ClNO3S.CH4.Na/c1-12-6-2-4-7(5-3-6)13(10,11)9-8;;/h2-5H,1H3;1H4;/q-1;;+1. The van der Waals surface area contributed by atoms with E-state index in [1.165, 1.54) is 31.4 Å². The molecular formula is C8H11ClNNaO3S. The molecular weight excluding hydrogens is 249 g/mol. The van der Waals surface area contributed by atoms with Gasteiger partial charge in [0.2, 0.25) is 0 Å². The summed E-state index contributed by atoms with van der Waals surface area (Å²) in [6.07, 6.45) is 0. The third-order valence-corrected chi connectivity index (χ3v) is 3.04. The molecule has 0 unspecified atom stereocenters. The van der Waals surface area contributed by atoms with Crippen LogP contribution in [0.1, 0.15) is 7.43 Å². The van der Waals surface area contributed by atoms with E-state index in [2.05, 4.69) is 4.24 Å². The smallest absolute Gasteiger partial charge is 0.497 e. The van der Waals surface area contributed by atoms with Crippen molar-refractivity contribution in [3.05, 3.63) is 28.5 Å². The molecule has 0 heterocycles. The molecule has 0 saturated carbocycles. The van der Waals surface area contributed by atoms with Crippen LogP contribution in [0.3, 0.4) is 0 Å². The minimum atomic E-state index is -3.69. The molecule has 1 rings (SSSR count). The monoisotopic (exact) mass is 259 g/mol. The summed E-state index contributed by atoms with van der Waals surface area (Å²) in [6, 6.07) is 5.80. The van der Waals surface area contributed by atoms with Gasteiger partial charge in [0, 0.05) is 4.90 Å². The van der Waals surface area contributed by atoms with Crippen molar-refractivity contribution in [1.29, 1.82) is 0 Å². The van der Waals surface area contributed by atoms with Crippen molar-refractivity contribution >= 4 is 21.8 Å². The van der Waals surface area contributed by atoms with Gasteiger partial charge in [-0.25, -0.2) is 8.42 Å². The van der Waals surface area contributed by atoms with Crippen molar-refractivity contribution in [2.24, 2.45) is 0 Å². The fraction of sp³-hybridized carbons (Fsp3) is 0.250. The molecule has 4 nitrogen and oxygen atoms in total. The summed E-state index contributed by atoms with van der Waals surface area (Å²) in [6.45, 7) is 0. The Balaban J connectivity index is 0. The average Bonchev–Trinajstić information content (AvgIpc) is 2.18. The molecule has 0 bridgehead atoms. The Bertz CT molecular complexity index is 379. The normalized spacial score (nSPS) is 9.73. The molecule has 0 aliphatic heterocycles. The summed E-state index contributed by atoms with van der Waals surface area (Å²) in [7, 11) is -2.19. The first-order valence-electron chi connectivity index (χ1n) is 3.32. The van der Waals surface area contributed by atoms with Crippen LogP contribution in [0.5, 0.6) is 5.75 Å². The molecule has 0 N–H and O–H groups in total. The fourth-order valence-corrected chi connectivity index (χ4v) is 1.59. The van der Waals surface area contributed by atoms with Crippen LogP contribution in [0.25, 0.3) is 4.24 Å². The van der Waals surface area contributed by atoms with Gasteiger partial charge in [-0.1, -0.05) is 7.43 Å². The van der Waals surface area contributed by atoms with Crippen LogP contribution in [-0.2, 0) is 10.0 Å². The summed E-state index contributed by atoms with van der Waals surface area (Å²) >= 11 is 4.91. The van der Waals surface area contributed by atoms with Crippen LogP contribution >= 0.6 is 11.8 Å². The Morgan fingerprint density at radius 1 is 1.27 bits per heavy atom. The van der Waals surface area contributed by atoms with Crippen LogP contribution in [0.2, 0.25) is 0 Å². The van der Waals surface area contributed by atoms with E-state index < -0.39 is 10.0 Å². The maximum absolute atomic E-state index is 11.1. The van der Waals surface area contributed by atoms with Crippen molar-refractivity contribution in [2.45, 2.75) is 12.3 Å². The van der Waals surface area contributed by atoms with Crippen molar-refractivity contribution in [3.8, 4) is 5.75 Å². The molecule has 0 aromatic heterocycles. The summed E-state index contributed by atoms with van der Waals surface area (Å²) in [5.74, 6) is 0.577. The zero-order chi connectivity index (χ0) is 9.90. The first-order chi connectivity index (χ1) is 6.10. The van der Waals surface area contributed by atoms with Gasteiger partial charge >= 0.3 is 29.6 Å². The number of halogens is 1. The van der Waals surface area contributed by atoms with Gasteiger partial charge in [0.1, 0.15) is 15.8 Å². The Hall–Kier alpha value is 0.220. The van der Waals surface area contributed by atoms with E-state index in [1.807, 2.05) is 0 Å². The quantitative estimate of drug-likeness (QED) is 0.691. The molecule has 0 saturated heterocycles. The minimum absolute atomic E-state index is 0. The van der Waals surface area contributed by atoms with Gasteiger partial charge in [0.25, 0.3) is 0 Å². The Morgan fingerprint density at radius 2 is 1.73 bits per heavy atom. The average molecular weight is 260 g/mol. The van der Waals surface area contributed by atoms with Crippen LogP contribution in [0, 0.1) is 0 Å². The third-order valence-electron chi connectivity index (χ3n) is 1.45. The predicted molar refractivity (Wildman–Crippen MR) is 56.1 cm³/mol. The topological polar surface area (TPSA) is 57.5 Å². The molecule has 15 heavy (non-hydrogen) atoms. The predicted octanol–water partition coefficient (Wildman–Crippen LogP) is -0.449. The second-order valence-electron chi connectivity index (χ2n) is 2.22. The van der Waals surface area contributed by atoms with E-state index in [-0.39, 0.29) is 41.9 Å². The van der Waals surface area contributed by atoms with Crippen LogP contribution in [0.4, 0.5) is 0 Å². The van der Waals surface area contributed by atoms with E-state index in [0.717, 1.165) is 0 Å². The molecule has 0 amide bonds. The van der Waals surface area contributed by atoms with Crippen molar-refractivity contribution < 1.29 is 42.7 Å². The molecule has 0 radical (unpaired) electrons. The van der Waals surface area contributed by atoms with E-state index in [1.54, 1.807) is 0 Å². The summed E-state index contributed by atoms with van der Waals surface area (Å²) < 4.78 is 29.7. The Labute approximate surface area is 117 Å². The summed E-state index contributed by atoms with van der Waals surface area (Å²) in [5.41, 5.74) is 0. The molecule has 80 valence electrons. The first kappa shape index (κ1) is 17.6. The van der Waals surface area contributed by atoms with Gasteiger partial charge in [0.05, 0.1) is 7.11 Å². The van der Waals surface area contributed by atoms with Crippen LogP contribution < -0.4 is 34.3 Å². The SMILES string of the molecule is C.COc1ccc(S(=O)(=O)[N-]Cl)cc1.[Na+]. The number of hydrogen-bond acceptors (Lipinski definition) is 3. The number of sulfonamides is 1. The molecule has 0 aliphatic carbocycles. The van der Waals surface area contributed by atoms with E-state index in [0.29, 0.717) is 5.75 Å². The zero-order valence-electron chi connectivity index (χ0n) is 7.77. The van der Waals surface area contributed by atoms with Gasteiger partial charge in [0.15, 0.2) is 0 Å². The fourth-order valence-electron chi connectivity index (χ4n) is 0.788. The van der Waals surface area contributed by atoms with E-state index in [9.17, 15) is 8.42 Å². The number of hydrogen-bond donors (Lipinski definition) is 0. The summed E-state index contributed by atoms with van der Waals surface area (Å²) in [4.78, 5) is 0.0447. The van der Waals surface area contributed by atoms with E-state index in [4.69, 9.17) is 16.5 Å². The number of nitrogens with zero attached hydrogens (tertiary/aromatic N) is 1. The second kappa shape index (κ2) is 7.49.